The largest absolute Gasteiger partial charge is 0.477 e. The lowest BCUT2D eigenvalue weighted by molar-refractivity contribution is 0.0689. The van der Waals surface area contributed by atoms with E-state index in [0.717, 1.165) is 5.56 Å². The Balaban J connectivity index is 2.66. The van der Waals surface area contributed by atoms with Crippen molar-refractivity contribution >= 4 is 17.6 Å². The van der Waals surface area contributed by atoms with Crippen molar-refractivity contribution in [2.75, 3.05) is 6.61 Å². The minimum atomic E-state index is -1.09. The standard InChI is InChI=1S/C16H17ClN2O3/c1-4-22-15-12(16(20)21)13(9(2)3)18-14(19-15)10-5-7-11(17)8-6-10/h5-9H,4H2,1-3H3,(H,20,21). The summed E-state index contributed by atoms with van der Waals surface area (Å²) in [4.78, 5) is 20.2. The normalized spacial score (nSPS) is 10.8. The van der Waals surface area contributed by atoms with Gasteiger partial charge in [-0.1, -0.05) is 25.4 Å². The highest BCUT2D eigenvalue weighted by Gasteiger charge is 2.23. The van der Waals surface area contributed by atoms with Crippen molar-refractivity contribution in [1.29, 1.82) is 0 Å². The van der Waals surface area contributed by atoms with Gasteiger partial charge in [0.05, 0.1) is 12.3 Å². The van der Waals surface area contributed by atoms with E-state index in [4.69, 9.17) is 16.3 Å². The second kappa shape index (κ2) is 6.75. The first-order valence-corrected chi connectivity index (χ1v) is 7.35. The van der Waals surface area contributed by atoms with Crippen LogP contribution in [0.15, 0.2) is 24.3 Å². The average molecular weight is 321 g/mol. The summed E-state index contributed by atoms with van der Waals surface area (Å²) in [5.41, 5.74) is 1.23. The highest BCUT2D eigenvalue weighted by Crippen LogP contribution is 2.29. The third-order valence-electron chi connectivity index (χ3n) is 3.05. The van der Waals surface area contributed by atoms with E-state index in [-0.39, 0.29) is 17.4 Å². The number of hydrogen-bond acceptors (Lipinski definition) is 4. The summed E-state index contributed by atoms with van der Waals surface area (Å²) in [6.45, 7) is 5.88. The number of halogens is 1. The first-order valence-electron chi connectivity index (χ1n) is 6.98. The number of nitrogens with zero attached hydrogens (tertiary/aromatic N) is 2. The van der Waals surface area contributed by atoms with Crippen LogP contribution in [-0.2, 0) is 0 Å². The zero-order chi connectivity index (χ0) is 16.3. The number of ether oxygens (including phenoxy) is 1. The molecule has 0 radical (unpaired) electrons. The monoisotopic (exact) mass is 320 g/mol. The quantitative estimate of drug-likeness (QED) is 0.900. The van der Waals surface area contributed by atoms with Gasteiger partial charge in [-0.2, -0.15) is 4.98 Å². The van der Waals surface area contributed by atoms with E-state index in [0.29, 0.717) is 23.1 Å². The molecule has 1 N–H and O–H groups in total. The topological polar surface area (TPSA) is 72.3 Å². The Kier molecular flexibility index (Phi) is 4.98. The van der Waals surface area contributed by atoms with E-state index in [2.05, 4.69) is 9.97 Å². The van der Waals surface area contributed by atoms with Gasteiger partial charge in [0.15, 0.2) is 5.82 Å². The molecule has 0 saturated carbocycles. The van der Waals surface area contributed by atoms with Crippen molar-refractivity contribution in [3.05, 3.63) is 40.5 Å². The van der Waals surface area contributed by atoms with Gasteiger partial charge >= 0.3 is 5.97 Å². The molecule has 0 bridgehead atoms. The van der Waals surface area contributed by atoms with Crippen molar-refractivity contribution in [2.24, 2.45) is 0 Å². The van der Waals surface area contributed by atoms with Crippen LogP contribution < -0.4 is 4.74 Å². The number of carboxylic acids is 1. The van der Waals surface area contributed by atoms with Gasteiger partial charge in [0.1, 0.15) is 5.56 Å². The Morgan fingerprint density at radius 2 is 1.91 bits per heavy atom. The zero-order valence-corrected chi connectivity index (χ0v) is 13.4. The van der Waals surface area contributed by atoms with Crippen LogP contribution in [0.2, 0.25) is 5.02 Å². The van der Waals surface area contributed by atoms with Gasteiger partial charge in [-0.25, -0.2) is 9.78 Å². The van der Waals surface area contributed by atoms with E-state index in [1.54, 1.807) is 31.2 Å². The van der Waals surface area contributed by atoms with Crippen LogP contribution in [0.3, 0.4) is 0 Å². The van der Waals surface area contributed by atoms with Gasteiger partial charge < -0.3 is 9.84 Å². The molecule has 0 aliphatic rings. The molecule has 0 spiro atoms. The summed E-state index contributed by atoms with van der Waals surface area (Å²) in [6.07, 6.45) is 0. The Morgan fingerprint density at radius 3 is 2.41 bits per heavy atom. The van der Waals surface area contributed by atoms with E-state index < -0.39 is 5.97 Å². The van der Waals surface area contributed by atoms with Gasteiger partial charge in [-0.15, -0.1) is 0 Å². The lowest BCUT2D eigenvalue weighted by atomic mass is 10.0. The number of rotatable bonds is 5. The van der Waals surface area contributed by atoms with Crippen molar-refractivity contribution < 1.29 is 14.6 Å². The summed E-state index contributed by atoms with van der Waals surface area (Å²) >= 11 is 5.89. The summed E-state index contributed by atoms with van der Waals surface area (Å²) < 4.78 is 5.42. The summed E-state index contributed by atoms with van der Waals surface area (Å²) in [5.74, 6) is -0.637. The molecule has 0 unspecified atom stereocenters. The third kappa shape index (κ3) is 3.36. The molecule has 2 aromatic rings. The molecule has 0 aliphatic heterocycles. The second-order valence-corrected chi connectivity index (χ2v) is 5.45. The maximum absolute atomic E-state index is 11.5. The molecule has 0 fully saturated rings. The molecule has 22 heavy (non-hydrogen) atoms. The Morgan fingerprint density at radius 1 is 1.27 bits per heavy atom. The first-order chi connectivity index (χ1) is 10.4. The SMILES string of the molecule is CCOc1nc(-c2ccc(Cl)cc2)nc(C(C)C)c1C(=O)O. The minimum Gasteiger partial charge on any atom is -0.477 e. The van der Waals surface area contributed by atoms with Crippen LogP contribution in [-0.4, -0.2) is 27.7 Å². The van der Waals surface area contributed by atoms with Gasteiger partial charge in [-0.3, -0.25) is 0 Å². The number of carbonyl (C=O) groups is 1. The second-order valence-electron chi connectivity index (χ2n) is 5.01. The molecular formula is C16H17ClN2O3. The van der Waals surface area contributed by atoms with Crippen LogP contribution in [0.5, 0.6) is 5.88 Å². The molecule has 1 aromatic carbocycles. The van der Waals surface area contributed by atoms with Crippen LogP contribution in [0.1, 0.15) is 42.7 Å². The predicted octanol–water partition coefficient (Wildman–Crippen LogP) is 4.02. The van der Waals surface area contributed by atoms with Crippen LogP contribution in [0.4, 0.5) is 0 Å². The highest BCUT2D eigenvalue weighted by molar-refractivity contribution is 6.30. The molecule has 2 rings (SSSR count). The van der Waals surface area contributed by atoms with Crippen molar-refractivity contribution in [1.82, 2.24) is 9.97 Å². The fourth-order valence-corrected chi connectivity index (χ4v) is 2.17. The van der Waals surface area contributed by atoms with Gasteiger partial charge in [0.25, 0.3) is 0 Å². The summed E-state index contributed by atoms with van der Waals surface area (Å²) in [6, 6.07) is 7.05. The lowest BCUT2D eigenvalue weighted by Crippen LogP contribution is -2.13. The Labute approximate surface area is 133 Å². The number of aromatic carboxylic acids is 1. The number of carboxylic acid groups (broad SMARTS) is 1. The molecule has 5 nitrogen and oxygen atoms in total. The van der Waals surface area contributed by atoms with E-state index in [1.807, 2.05) is 13.8 Å². The predicted molar refractivity (Wildman–Crippen MR) is 84.7 cm³/mol. The maximum Gasteiger partial charge on any atom is 0.343 e. The summed E-state index contributed by atoms with van der Waals surface area (Å²) in [5, 5.41) is 10.1. The van der Waals surface area contributed by atoms with Crippen molar-refractivity contribution in [3.8, 4) is 17.3 Å². The Hall–Kier alpha value is -2.14. The third-order valence-corrected chi connectivity index (χ3v) is 3.30. The molecular weight excluding hydrogens is 304 g/mol. The van der Waals surface area contributed by atoms with E-state index >= 15 is 0 Å². The van der Waals surface area contributed by atoms with Gasteiger partial charge in [0.2, 0.25) is 5.88 Å². The highest BCUT2D eigenvalue weighted by atomic mass is 35.5. The first kappa shape index (κ1) is 16.2. The molecule has 0 saturated heterocycles. The number of hydrogen-bond donors (Lipinski definition) is 1. The lowest BCUT2D eigenvalue weighted by Gasteiger charge is -2.14. The van der Waals surface area contributed by atoms with Crippen molar-refractivity contribution in [2.45, 2.75) is 26.7 Å². The molecule has 0 amide bonds. The molecule has 0 aliphatic carbocycles. The fraction of sp³-hybridized carbons (Fsp3) is 0.312. The average Bonchev–Trinajstić information content (AvgIpc) is 2.47. The molecule has 0 atom stereocenters. The van der Waals surface area contributed by atoms with Gasteiger partial charge in [-0.05, 0) is 37.1 Å². The van der Waals surface area contributed by atoms with E-state index in [9.17, 15) is 9.90 Å². The molecule has 6 heteroatoms. The number of aromatic nitrogens is 2. The van der Waals surface area contributed by atoms with Crippen molar-refractivity contribution in [3.63, 3.8) is 0 Å². The fourth-order valence-electron chi connectivity index (χ4n) is 2.04. The smallest absolute Gasteiger partial charge is 0.343 e. The zero-order valence-electron chi connectivity index (χ0n) is 12.6. The van der Waals surface area contributed by atoms with E-state index in [1.165, 1.54) is 0 Å². The molecule has 1 aromatic heterocycles. The molecule has 116 valence electrons. The molecule has 1 heterocycles. The summed E-state index contributed by atoms with van der Waals surface area (Å²) in [7, 11) is 0. The van der Waals surface area contributed by atoms with Gasteiger partial charge in [0, 0.05) is 10.6 Å². The minimum absolute atomic E-state index is 0.0227. The number of benzene rings is 1. The van der Waals surface area contributed by atoms with Crippen LogP contribution in [0, 0.1) is 0 Å². The van der Waals surface area contributed by atoms with Crippen LogP contribution >= 0.6 is 11.6 Å². The maximum atomic E-state index is 11.5. The Bertz CT molecular complexity index is 685. The van der Waals surface area contributed by atoms with Crippen LogP contribution in [0.25, 0.3) is 11.4 Å².